The van der Waals surface area contributed by atoms with Crippen LogP contribution in [-0.4, -0.2) is 63.6 Å². The minimum absolute atomic E-state index is 0.0374. The van der Waals surface area contributed by atoms with Gasteiger partial charge in [-0.25, -0.2) is 4.98 Å². The third kappa shape index (κ3) is 7.35. The Balaban J connectivity index is 1.45. The van der Waals surface area contributed by atoms with Crippen molar-refractivity contribution in [3.63, 3.8) is 0 Å². The van der Waals surface area contributed by atoms with Crippen molar-refractivity contribution in [2.75, 3.05) is 20.3 Å². The van der Waals surface area contributed by atoms with Gasteiger partial charge in [0.2, 0.25) is 23.6 Å². The highest BCUT2D eigenvalue weighted by Gasteiger charge is 2.22. The van der Waals surface area contributed by atoms with Crippen LogP contribution in [0.2, 0.25) is 0 Å². The molecule has 0 bridgehead atoms. The van der Waals surface area contributed by atoms with Crippen LogP contribution in [0.5, 0.6) is 11.6 Å². The minimum Gasteiger partial charge on any atom is -0.490 e. The van der Waals surface area contributed by atoms with E-state index in [-0.39, 0.29) is 26.0 Å². The Morgan fingerprint density at radius 1 is 1.10 bits per heavy atom. The van der Waals surface area contributed by atoms with Gasteiger partial charge in [-0.2, -0.15) is 0 Å². The number of ether oxygens (including phenoxy) is 2. The van der Waals surface area contributed by atoms with Gasteiger partial charge in [0.05, 0.1) is 13.5 Å². The van der Waals surface area contributed by atoms with E-state index in [4.69, 9.17) is 19.0 Å². The Morgan fingerprint density at radius 3 is 2.45 bits per heavy atom. The van der Waals surface area contributed by atoms with Gasteiger partial charge >= 0.3 is 5.97 Å². The zero-order valence-corrected chi connectivity index (χ0v) is 23.1. The molecular weight excluding hydrogens is 516 g/mol. The van der Waals surface area contributed by atoms with Gasteiger partial charge in [-0.05, 0) is 55.5 Å². The summed E-state index contributed by atoms with van der Waals surface area (Å²) in [6.45, 7) is 3.82. The van der Waals surface area contributed by atoms with Crippen LogP contribution in [0.1, 0.15) is 68.2 Å². The minimum atomic E-state index is -1.05. The SMILES string of the molecule is CCc1cc(-c2nnc(-c3cc(OC)nc(C4CCCC4)c3)o2)cc(C)c1OCC(O)CNC(=O)CCC(=O)O. The van der Waals surface area contributed by atoms with Gasteiger partial charge in [-0.15, -0.1) is 10.2 Å². The van der Waals surface area contributed by atoms with E-state index in [1.807, 2.05) is 32.0 Å². The number of carboxylic acid groups (broad SMARTS) is 1. The van der Waals surface area contributed by atoms with Crippen molar-refractivity contribution >= 4 is 11.9 Å². The largest absolute Gasteiger partial charge is 0.490 e. The number of amides is 1. The van der Waals surface area contributed by atoms with Gasteiger partial charge in [-0.3, -0.25) is 9.59 Å². The lowest BCUT2D eigenvalue weighted by Crippen LogP contribution is -2.35. The van der Waals surface area contributed by atoms with Crippen molar-refractivity contribution in [3.8, 4) is 34.5 Å². The predicted octanol–water partition coefficient (Wildman–Crippen LogP) is 4.06. The van der Waals surface area contributed by atoms with Crippen LogP contribution >= 0.6 is 0 Å². The van der Waals surface area contributed by atoms with E-state index in [0.717, 1.165) is 40.8 Å². The van der Waals surface area contributed by atoms with E-state index < -0.39 is 18.0 Å². The van der Waals surface area contributed by atoms with Crippen LogP contribution in [0.15, 0.2) is 28.7 Å². The molecule has 11 heteroatoms. The van der Waals surface area contributed by atoms with Crippen molar-refractivity contribution in [1.29, 1.82) is 0 Å². The summed E-state index contributed by atoms with van der Waals surface area (Å²) >= 11 is 0. The van der Waals surface area contributed by atoms with Crippen molar-refractivity contribution in [1.82, 2.24) is 20.5 Å². The molecule has 11 nitrogen and oxygen atoms in total. The van der Waals surface area contributed by atoms with Crippen LogP contribution in [0, 0.1) is 6.92 Å². The molecule has 1 fully saturated rings. The second kappa shape index (κ2) is 13.4. The highest BCUT2D eigenvalue weighted by molar-refractivity contribution is 5.80. The molecule has 214 valence electrons. The second-order valence-electron chi connectivity index (χ2n) is 10.0. The fourth-order valence-corrected chi connectivity index (χ4v) is 4.86. The summed E-state index contributed by atoms with van der Waals surface area (Å²) < 4.78 is 17.5. The molecule has 3 aromatic rings. The molecular formula is C29H36N4O7. The summed E-state index contributed by atoms with van der Waals surface area (Å²) in [5.41, 5.74) is 4.24. The van der Waals surface area contributed by atoms with Crippen molar-refractivity contribution < 1.29 is 33.7 Å². The van der Waals surface area contributed by atoms with Crippen LogP contribution in [0.3, 0.4) is 0 Å². The van der Waals surface area contributed by atoms with Gasteiger partial charge in [0.25, 0.3) is 0 Å². The van der Waals surface area contributed by atoms with E-state index in [1.54, 1.807) is 13.2 Å². The first-order valence-electron chi connectivity index (χ1n) is 13.6. The number of aryl methyl sites for hydroxylation is 2. The summed E-state index contributed by atoms with van der Waals surface area (Å²) in [6.07, 6.45) is 3.93. The highest BCUT2D eigenvalue weighted by atomic mass is 16.5. The number of aliphatic hydroxyl groups is 1. The molecule has 0 radical (unpaired) electrons. The smallest absolute Gasteiger partial charge is 0.303 e. The number of aliphatic carboxylic acids is 1. The van der Waals surface area contributed by atoms with Crippen molar-refractivity contribution in [3.05, 3.63) is 41.1 Å². The quantitative estimate of drug-likeness (QED) is 0.282. The van der Waals surface area contributed by atoms with E-state index in [9.17, 15) is 14.7 Å². The predicted molar refractivity (Wildman–Crippen MR) is 146 cm³/mol. The molecule has 0 aliphatic heterocycles. The first-order chi connectivity index (χ1) is 19.3. The van der Waals surface area contributed by atoms with Crippen LogP contribution in [0.4, 0.5) is 0 Å². The number of rotatable bonds is 13. The zero-order chi connectivity index (χ0) is 28.6. The lowest BCUT2D eigenvalue weighted by molar-refractivity contribution is -0.138. The normalized spacial score (nSPS) is 14.2. The third-order valence-electron chi connectivity index (χ3n) is 6.98. The number of pyridine rings is 1. The molecule has 2 aromatic heterocycles. The molecule has 0 spiro atoms. The van der Waals surface area contributed by atoms with Gasteiger partial charge in [0.15, 0.2) is 0 Å². The van der Waals surface area contributed by atoms with E-state index in [1.165, 1.54) is 12.8 Å². The molecule has 1 atom stereocenters. The van der Waals surface area contributed by atoms with Gasteiger partial charge < -0.3 is 29.4 Å². The third-order valence-corrected chi connectivity index (χ3v) is 6.98. The second-order valence-corrected chi connectivity index (χ2v) is 10.0. The Kier molecular flexibility index (Phi) is 9.70. The number of hydrogen-bond donors (Lipinski definition) is 3. The number of carbonyl (C=O) groups is 2. The van der Waals surface area contributed by atoms with Crippen LogP contribution in [0.25, 0.3) is 22.9 Å². The molecule has 1 amide bonds. The number of carboxylic acids is 1. The first kappa shape index (κ1) is 29.0. The fraction of sp³-hybridized carbons (Fsp3) is 0.483. The lowest BCUT2D eigenvalue weighted by Gasteiger charge is -2.17. The molecule has 1 aliphatic carbocycles. The average molecular weight is 553 g/mol. The van der Waals surface area contributed by atoms with Crippen molar-refractivity contribution in [2.24, 2.45) is 0 Å². The van der Waals surface area contributed by atoms with Gasteiger partial charge in [0, 0.05) is 41.8 Å². The maximum Gasteiger partial charge on any atom is 0.303 e. The molecule has 3 N–H and O–H groups in total. The number of nitrogens with one attached hydrogen (secondary N) is 1. The fourth-order valence-electron chi connectivity index (χ4n) is 4.86. The summed E-state index contributed by atoms with van der Waals surface area (Å²) in [7, 11) is 1.60. The van der Waals surface area contributed by atoms with E-state index >= 15 is 0 Å². The topological polar surface area (TPSA) is 157 Å². The monoisotopic (exact) mass is 552 g/mol. The van der Waals surface area contributed by atoms with Gasteiger partial charge in [0.1, 0.15) is 18.5 Å². The maximum atomic E-state index is 11.7. The Bertz CT molecular complexity index is 1330. The van der Waals surface area contributed by atoms with E-state index in [2.05, 4.69) is 20.5 Å². The average Bonchev–Trinajstić information content (AvgIpc) is 3.67. The molecule has 0 saturated heterocycles. The van der Waals surface area contributed by atoms with Gasteiger partial charge in [-0.1, -0.05) is 19.8 Å². The summed E-state index contributed by atoms with van der Waals surface area (Å²) in [5.74, 6) is 0.850. The number of carbonyl (C=O) groups excluding carboxylic acids is 1. The maximum absolute atomic E-state index is 11.7. The number of hydrogen-bond acceptors (Lipinski definition) is 9. The summed E-state index contributed by atoms with van der Waals surface area (Å²) in [5, 5.41) is 30.0. The van der Waals surface area contributed by atoms with Crippen LogP contribution < -0.4 is 14.8 Å². The van der Waals surface area contributed by atoms with Crippen LogP contribution in [-0.2, 0) is 16.0 Å². The first-order valence-corrected chi connectivity index (χ1v) is 13.6. The number of aliphatic hydroxyl groups excluding tert-OH is 1. The molecule has 4 rings (SSSR count). The Labute approximate surface area is 232 Å². The Hall–Kier alpha value is -3.99. The number of nitrogens with zero attached hydrogens (tertiary/aromatic N) is 3. The zero-order valence-electron chi connectivity index (χ0n) is 23.1. The van der Waals surface area contributed by atoms with Crippen molar-refractivity contribution in [2.45, 2.75) is 70.8 Å². The summed E-state index contributed by atoms with van der Waals surface area (Å²) in [6, 6.07) is 7.63. The number of methoxy groups -OCH3 is 1. The van der Waals surface area contributed by atoms with E-state index in [0.29, 0.717) is 35.7 Å². The lowest BCUT2D eigenvalue weighted by atomic mass is 10.0. The highest BCUT2D eigenvalue weighted by Crippen LogP contribution is 2.37. The molecule has 1 aromatic carbocycles. The molecule has 40 heavy (non-hydrogen) atoms. The standard InChI is InChI=1S/C29H36N4O7/c1-4-18-12-20(11-17(2)27(18)39-16-22(34)15-30-24(35)9-10-26(36)37)28-32-33-29(40-28)21-13-23(19-7-5-6-8-19)31-25(14-21)38-3/h11-14,19,22,34H,4-10,15-16H2,1-3H3,(H,30,35)(H,36,37). The molecule has 1 saturated carbocycles. The Morgan fingerprint density at radius 2 is 1.80 bits per heavy atom. The molecule has 1 aliphatic rings. The number of benzene rings is 1. The molecule has 2 heterocycles. The summed E-state index contributed by atoms with van der Waals surface area (Å²) in [4.78, 5) is 26.9. The molecule has 1 unspecified atom stereocenters. The number of aromatic nitrogens is 3.